The highest BCUT2D eigenvalue weighted by Crippen LogP contribution is 2.34. The molecule has 22 heavy (non-hydrogen) atoms. The van der Waals surface area contributed by atoms with Crippen LogP contribution in [0.1, 0.15) is 12.8 Å². The lowest BCUT2D eigenvalue weighted by molar-refractivity contribution is 0.0897. The first-order valence-electron chi connectivity index (χ1n) is 6.80. The smallest absolute Gasteiger partial charge is 0.407 e. The lowest BCUT2D eigenvalue weighted by atomic mass is 10.1. The first kappa shape index (κ1) is 15.3. The van der Waals surface area contributed by atoms with Gasteiger partial charge < -0.3 is 14.7 Å². The number of halogens is 2. The Bertz CT molecular complexity index is 715. The number of aromatic nitrogens is 2. The molecule has 1 N–H and O–H groups in total. The summed E-state index contributed by atoms with van der Waals surface area (Å²) in [7, 11) is 0. The van der Waals surface area contributed by atoms with E-state index < -0.39 is 6.09 Å². The van der Waals surface area contributed by atoms with Gasteiger partial charge in [0.15, 0.2) is 5.75 Å². The molecule has 1 aromatic heterocycles. The number of carbonyl (C=O) groups is 1. The normalized spacial score (nSPS) is 16.0. The molecule has 0 unspecified atom stereocenters. The number of likely N-dealkylation sites (tertiary alicyclic amines) is 1. The van der Waals surface area contributed by atoms with Crippen molar-refractivity contribution in [2.75, 3.05) is 13.1 Å². The quantitative estimate of drug-likeness (QED) is 0.799. The van der Waals surface area contributed by atoms with Gasteiger partial charge in [-0.05, 0) is 39.7 Å². The van der Waals surface area contributed by atoms with Crippen LogP contribution in [0.25, 0.3) is 10.9 Å². The van der Waals surface area contributed by atoms with E-state index in [1.54, 1.807) is 6.20 Å². The molecule has 0 bridgehead atoms. The van der Waals surface area contributed by atoms with Crippen LogP contribution < -0.4 is 4.74 Å². The SMILES string of the molecule is O=C(O)N1CCC(Oc2c(Br)ccc3cnc(Cl)nc23)CC1. The van der Waals surface area contributed by atoms with Crippen LogP contribution in [0.2, 0.25) is 5.28 Å². The minimum Gasteiger partial charge on any atom is -0.487 e. The standard InChI is InChI=1S/C14H13BrClN3O3/c15-10-2-1-8-7-17-13(16)18-11(8)12(10)22-9-3-5-19(6-4-9)14(20)21/h1-2,7,9H,3-6H2,(H,20,21). The molecule has 116 valence electrons. The maximum Gasteiger partial charge on any atom is 0.407 e. The second-order valence-electron chi connectivity index (χ2n) is 5.04. The summed E-state index contributed by atoms with van der Waals surface area (Å²) in [4.78, 5) is 20.5. The third kappa shape index (κ3) is 3.10. The zero-order chi connectivity index (χ0) is 15.7. The molecule has 0 spiro atoms. The van der Waals surface area contributed by atoms with Crippen LogP contribution in [-0.2, 0) is 0 Å². The van der Waals surface area contributed by atoms with Gasteiger partial charge in [0.25, 0.3) is 0 Å². The largest absolute Gasteiger partial charge is 0.487 e. The number of carboxylic acid groups (broad SMARTS) is 1. The van der Waals surface area contributed by atoms with E-state index in [-0.39, 0.29) is 11.4 Å². The Balaban J connectivity index is 1.83. The summed E-state index contributed by atoms with van der Waals surface area (Å²) in [5.74, 6) is 0.621. The zero-order valence-corrected chi connectivity index (χ0v) is 13.8. The molecule has 2 aromatic rings. The second-order valence-corrected chi connectivity index (χ2v) is 6.23. The predicted octanol–water partition coefficient (Wildman–Crippen LogP) is 3.57. The van der Waals surface area contributed by atoms with Crippen molar-refractivity contribution in [1.29, 1.82) is 0 Å². The number of benzene rings is 1. The first-order valence-corrected chi connectivity index (χ1v) is 7.97. The predicted molar refractivity (Wildman–Crippen MR) is 85.5 cm³/mol. The highest BCUT2D eigenvalue weighted by atomic mass is 79.9. The molecule has 0 atom stereocenters. The van der Waals surface area contributed by atoms with Crippen molar-refractivity contribution < 1.29 is 14.6 Å². The molecule has 1 saturated heterocycles. The van der Waals surface area contributed by atoms with Crippen molar-refractivity contribution in [3.8, 4) is 5.75 Å². The lowest BCUT2D eigenvalue weighted by Gasteiger charge is -2.30. The summed E-state index contributed by atoms with van der Waals surface area (Å²) >= 11 is 9.35. The highest BCUT2D eigenvalue weighted by Gasteiger charge is 2.24. The average Bonchev–Trinajstić information content (AvgIpc) is 2.51. The Kier molecular flexibility index (Phi) is 4.35. The van der Waals surface area contributed by atoms with Crippen LogP contribution in [0.4, 0.5) is 4.79 Å². The summed E-state index contributed by atoms with van der Waals surface area (Å²) in [6, 6.07) is 3.76. The van der Waals surface area contributed by atoms with Crippen molar-refractivity contribution in [2.24, 2.45) is 0 Å². The van der Waals surface area contributed by atoms with Crippen LogP contribution >= 0.6 is 27.5 Å². The van der Waals surface area contributed by atoms with Crippen LogP contribution in [0.15, 0.2) is 22.8 Å². The van der Waals surface area contributed by atoms with Gasteiger partial charge >= 0.3 is 6.09 Å². The number of nitrogens with zero attached hydrogens (tertiary/aromatic N) is 3. The van der Waals surface area contributed by atoms with E-state index in [0.29, 0.717) is 37.2 Å². The van der Waals surface area contributed by atoms with E-state index in [1.165, 1.54) is 4.90 Å². The third-order valence-electron chi connectivity index (χ3n) is 3.63. The van der Waals surface area contributed by atoms with Gasteiger partial charge in [-0.1, -0.05) is 0 Å². The Morgan fingerprint density at radius 1 is 1.41 bits per heavy atom. The number of piperidine rings is 1. The van der Waals surface area contributed by atoms with Crippen LogP contribution in [0.3, 0.4) is 0 Å². The molecule has 2 heterocycles. The van der Waals surface area contributed by atoms with Crippen molar-refractivity contribution in [2.45, 2.75) is 18.9 Å². The fourth-order valence-electron chi connectivity index (χ4n) is 2.47. The molecule has 8 heteroatoms. The lowest BCUT2D eigenvalue weighted by Crippen LogP contribution is -2.41. The summed E-state index contributed by atoms with van der Waals surface area (Å²) in [5, 5.41) is 9.98. The number of fused-ring (bicyclic) bond motifs is 1. The van der Waals surface area contributed by atoms with Gasteiger partial charge in [0.05, 0.1) is 4.47 Å². The molecule has 6 nitrogen and oxygen atoms in total. The molecule has 0 radical (unpaired) electrons. The van der Waals surface area contributed by atoms with E-state index in [2.05, 4.69) is 25.9 Å². The zero-order valence-electron chi connectivity index (χ0n) is 11.5. The molecule has 1 aliphatic rings. The average molecular weight is 387 g/mol. The molecule has 3 rings (SSSR count). The van der Waals surface area contributed by atoms with Crippen LogP contribution in [-0.4, -0.2) is 45.3 Å². The summed E-state index contributed by atoms with van der Waals surface area (Å²) in [6.07, 6.45) is 2.01. The van der Waals surface area contributed by atoms with Gasteiger partial charge in [0.1, 0.15) is 11.6 Å². The minimum atomic E-state index is -0.885. The van der Waals surface area contributed by atoms with Crippen molar-refractivity contribution in [3.05, 3.63) is 28.1 Å². The molecule has 1 fully saturated rings. The monoisotopic (exact) mass is 385 g/mol. The highest BCUT2D eigenvalue weighted by molar-refractivity contribution is 9.10. The van der Waals surface area contributed by atoms with E-state index in [9.17, 15) is 4.79 Å². The number of hydrogen-bond acceptors (Lipinski definition) is 4. The summed E-state index contributed by atoms with van der Waals surface area (Å²) in [5.41, 5.74) is 0.648. The van der Waals surface area contributed by atoms with E-state index in [1.807, 2.05) is 12.1 Å². The van der Waals surface area contributed by atoms with E-state index in [4.69, 9.17) is 21.4 Å². The first-order chi connectivity index (χ1) is 10.5. The van der Waals surface area contributed by atoms with Gasteiger partial charge in [-0.2, -0.15) is 0 Å². The maximum absolute atomic E-state index is 10.9. The van der Waals surface area contributed by atoms with Gasteiger partial charge in [0.2, 0.25) is 5.28 Å². The van der Waals surface area contributed by atoms with Crippen LogP contribution in [0.5, 0.6) is 5.75 Å². The van der Waals surface area contributed by atoms with Gasteiger partial charge in [-0.3, -0.25) is 0 Å². The summed E-state index contributed by atoms with van der Waals surface area (Å²) < 4.78 is 6.85. The fourth-order valence-corrected chi connectivity index (χ4v) is 3.02. The molecule has 1 aliphatic heterocycles. The Labute approximate surface area is 140 Å². The van der Waals surface area contributed by atoms with E-state index >= 15 is 0 Å². The molecular formula is C14H13BrClN3O3. The van der Waals surface area contributed by atoms with Gasteiger partial charge in [0, 0.05) is 37.5 Å². The van der Waals surface area contributed by atoms with Gasteiger partial charge in [-0.15, -0.1) is 0 Å². The molecule has 0 saturated carbocycles. The minimum absolute atomic E-state index is 0.0498. The third-order valence-corrected chi connectivity index (χ3v) is 4.43. The number of hydrogen-bond donors (Lipinski definition) is 1. The molecule has 1 aromatic carbocycles. The Morgan fingerprint density at radius 2 is 2.14 bits per heavy atom. The number of ether oxygens (including phenoxy) is 1. The van der Waals surface area contributed by atoms with Gasteiger partial charge in [-0.25, -0.2) is 14.8 Å². The Hall–Kier alpha value is -1.60. The number of rotatable bonds is 2. The molecule has 1 amide bonds. The molecular weight excluding hydrogens is 374 g/mol. The van der Waals surface area contributed by atoms with Crippen molar-refractivity contribution in [1.82, 2.24) is 14.9 Å². The number of amides is 1. The Morgan fingerprint density at radius 3 is 2.82 bits per heavy atom. The summed E-state index contributed by atoms with van der Waals surface area (Å²) in [6.45, 7) is 0.941. The fraction of sp³-hybridized carbons (Fsp3) is 0.357. The van der Waals surface area contributed by atoms with Crippen molar-refractivity contribution in [3.63, 3.8) is 0 Å². The second kappa shape index (κ2) is 6.26. The van der Waals surface area contributed by atoms with E-state index in [0.717, 1.165) is 9.86 Å². The van der Waals surface area contributed by atoms with Crippen LogP contribution in [0, 0.1) is 0 Å². The van der Waals surface area contributed by atoms with Crippen molar-refractivity contribution >= 4 is 44.5 Å². The maximum atomic E-state index is 10.9. The molecule has 0 aliphatic carbocycles. The topological polar surface area (TPSA) is 75.5 Å².